The van der Waals surface area contributed by atoms with Gasteiger partial charge in [-0.15, -0.1) is 0 Å². The van der Waals surface area contributed by atoms with Crippen LogP contribution in [0.25, 0.3) is 10.8 Å². The first-order chi connectivity index (χ1) is 9.75. The van der Waals surface area contributed by atoms with Gasteiger partial charge in [0, 0.05) is 16.5 Å². The molecule has 2 aromatic carbocycles. The maximum atomic E-state index is 12.7. The monoisotopic (exact) mass is 287 g/mol. The van der Waals surface area contributed by atoms with Crippen molar-refractivity contribution in [1.82, 2.24) is 0 Å². The minimum absolute atomic E-state index is 0.111. The van der Waals surface area contributed by atoms with Gasteiger partial charge in [-0.2, -0.15) is 0 Å². The number of hydrogen-bond acceptors (Lipinski definition) is 2. The van der Waals surface area contributed by atoms with Crippen LogP contribution in [0, 0.1) is 0 Å². The Hall–Kier alpha value is -1.32. The highest BCUT2D eigenvalue weighted by molar-refractivity contribution is 7.98. The summed E-state index contributed by atoms with van der Waals surface area (Å²) >= 11 is 0. The number of benzene rings is 2. The van der Waals surface area contributed by atoms with Gasteiger partial charge < -0.3 is 4.74 Å². The van der Waals surface area contributed by atoms with Crippen molar-refractivity contribution in [3.63, 3.8) is 0 Å². The van der Waals surface area contributed by atoms with Crippen molar-refractivity contribution in [1.29, 1.82) is 0 Å². The molecule has 2 nitrogen and oxygen atoms in total. The fourth-order valence-electron chi connectivity index (χ4n) is 2.62. The Balaban J connectivity index is 1.83. The molecule has 0 bridgehead atoms. The largest absolute Gasteiger partial charge is 0.372 e. The number of hydrogen-bond donors (Lipinski definition) is 0. The highest BCUT2D eigenvalue weighted by Gasteiger charge is 2.34. The molecule has 1 heterocycles. The van der Waals surface area contributed by atoms with Crippen LogP contribution >= 0.6 is 0 Å². The predicted molar refractivity (Wildman–Crippen MR) is 85.7 cm³/mol. The van der Waals surface area contributed by atoms with E-state index in [4.69, 9.17) is 4.74 Å². The molecule has 1 saturated heterocycles. The minimum Gasteiger partial charge on any atom is -0.372 e. The molecule has 0 aromatic heterocycles. The minimum atomic E-state index is 0.111. The molecule has 0 radical (unpaired) electrons. The fourth-order valence-corrected chi connectivity index (χ4v) is 4.63. The zero-order valence-corrected chi connectivity index (χ0v) is 12.5. The normalized spacial score (nSPS) is 18.1. The zero-order chi connectivity index (χ0) is 13.9. The van der Waals surface area contributed by atoms with Crippen LogP contribution in [0.3, 0.4) is 0 Å². The first kappa shape index (κ1) is 13.7. The molecule has 1 fully saturated rings. The molecule has 0 spiro atoms. The van der Waals surface area contributed by atoms with E-state index >= 15 is 0 Å². The number of fused-ring (bicyclic) bond motifs is 1. The highest BCUT2D eigenvalue weighted by atomic mass is 32.2. The van der Waals surface area contributed by atoms with E-state index in [2.05, 4.69) is 19.1 Å². The van der Waals surface area contributed by atoms with Crippen molar-refractivity contribution in [2.45, 2.75) is 12.2 Å². The van der Waals surface area contributed by atoms with Gasteiger partial charge >= 0.3 is 0 Å². The number of carbonyl (C=O) groups is 1. The van der Waals surface area contributed by atoms with Crippen LogP contribution in [-0.4, -0.2) is 35.8 Å². The molecule has 3 heteroatoms. The van der Waals surface area contributed by atoms with Crippen LogP contribution < -0.4 is 0 Å². The Morgan fingerprint density at radius 1 is 1.10 bits per heavy atom. The van der Waals surface area contributed by atoms with Gasteiger partial charge in [0.2, 0.25) is 5.78 Å². The lowest BCUT2D eigenvalue weighted by atomic mass is 10.0. The molecular formula is C17H19O2S+. The second-order valence-electron chi connectivity index (χ2n) is 5.13. The summed E-state index contributed by atoms with van der Waals surface area (Å²) in [5.41, 5.74) is 0.843. The molecule has 1 aliphatic rings. The van der Waals surface area contributed by atoms with Gasteiger partial charge in [0.25, 0.3) is 0 Å². The Morgan fingerprint density at radius 3 is 2.55 bits per heavy atom. The molecule has 2 aromatic rings. The smallest absolute Gasteiger partial charge is 0.214 e. The molecule has 1 aliphatic heterocycles. The zero-order valence-electron chi connectivity index (χ0n) is 11.7. The average Bonchev–Trinajstić information content (AvgIpc) is 2.54. The van der Waals surface area contributed by atoms with Crippen LogP contribution in [0.15, 0.2) is 42.5 Å². The van der Waals surface area contributed by atoms with Gasteiger partial charge in [0.1, 0.15) is 11.5 Å². The first-order valence-electron chi connectivity index (χ1n) is 7.03. The third kappa shape index (κ3) is 2.74. The SMILES string of the molecule is CC(C(=O)c1ccc2ccccc2c1)[S+]1CCOCC1. The van der Waals surface area contributed by atoms with Crippen LogP contribution in [0.2, 0.25) is 0 Å². The second-order valence-corrected chi connectivity index (χ2v) is 7.73. The average molecular weight is 287 g/mol. The number of Topliss-reactive ketones (excluding diaryl/α,β-unsaturated/α-hetero) is 1. The third-order valence-corrected chi connectivity index (χ3v) is 6.48. The van der Waals surface area contributed by atoms with Crippen molar-refractivity contribution in [3.05, 3.63) is 48.0 Å². The second kappa shape index (κ2) is 5.98. The Kier molecular flexibility index (Phi) is 4.08. The van der Waals surface area contributed by atoms with Crippen LogP contribution in [-0.2, 0) is 15.6 Å². The van der Waals surface area contributed by atoms with Gasteiger partial charge in [-0.05, 0) is 23.8 Å². The summed E-state index contributed by atoms with van der Waals surface area (Å²) in [6.07, 6.45) is 0. The molecule has 0 saturated carbocycles. The van der Waals surface area contributed by atoms with Gasteiger partial charge in [-0.3, -0.25) is 4.79 Å². The summed E-state index contributed by atoms with van der Waals surface area (Å²) in [7, 11) is 0.172. The van der Waals surface area contributed by atoms with Crippen molar-refractivity contribution in [3.8, 4) is 0 Å². The first-order valence-corrected chi connectivity index (χ1v) is 8.65. The van der Waals surface area contributed by atoms with E-state index in [1.807, 2.05) is 30.3 Å². The number of carbonyl (C=O) groups excluding carboxylic acids is 1. The lowest BCUT2D eigenvalue weighted by Gasteiger charge is -2.19. The van der Waals surface area contributed by atoms with Crippen molar-refractivity contribution in [2.75, 3.05) is 24.7 Å². The number of rotatable bonds is 3. The summed E-state index contributed by atoms with van der Waals surface area (Å²) in [5.74, 6) is 2.34. The maximum Gasteiger partial charge on any atom is 0.214 e. The summed E-state index contributed by atoms with van der Waals surface area (Å²) < 4.78 is 5.39. The molecule has 104 valence electrons. The van der Waals surface area contributed by atoms with E-state index in [0.717, 1.165) is 35.7 Å². The standard InChI is InChI=1S/C17H19O2S/c1-13(20-10-8-19-9-11-20)17(18)16-7-6-14-4-2-3-5-15(14)12-16/h2-7,12-13H,8-11H2,1H3/q+1. The summed E-state index contributed by atoms with van der Waals surface area (Å²) in [4.78, 5) is 12.7. The number of ether oxygens (including phenoxy) is 1. The van der Waals surface area contributed by atoms with Gasteiger partial charge in [-0.25, -0.2) is 0 Å². The fraction of sp³-hybridized carbons (Fsp3) is 0.353. The third-order valence-electron chi connectivity index (χ3n) is 3.88. The molecule has 1 atom stereocenters. The molecule has 0 aliphatic carbocycles. The van der Waals surface area contributed by atoms with Crippen LogP contribution in [0.4, 0.5) is 0 Å². The summed E-state index contributed by atoms with van der Waals surface area (Å²) in [6, 6.07) is 14.2. The van der Waals surface area contributed by atoms with Crippen LogP contribution in [0.1, 0.15) is 17.3 Å². The Labute approximate surface area is 122 Å². The van der Waals surface area contributed by atoms with E-state index in [-0.39, 0.29) is 21.9 Å². The maximum absolute atomic E-state index is 12.7. The predicted octanol–water partition coefficient (Wildman–Crippen LogP) is 3.06. The van der Waals surface area contributed by atoms with Gasteiger partial charge in [0.05, 0.1) is 13.2 Å². The van der Waals surface area contributed by atoms with E-state index in [9.17, 15) is 4.79 Å². The van der Waals surface area contributed by atoms with Crippen molar-refractivity contribution < 1.29 is 9.53 Å². The Bertz CT molecular complexity index is 617. The van der Waals surface area contributed by atoms with Gasteiger partial charge in [0.15, 0.2) is 5.25 Å². The van der Waals surface area contributed by atoms with Crippen LogP contribution in [0.5, 0.6) is 0 Å². The van der Waals surface area contributed by atoms with Crippen molar-refractivity contribution in [2.24, 2.45) is 0 Å². The summed E-state index contributed by atoms with van der Waals surface area (Å²) in [5, 5.41) is 2.44. The van der Waals surface area contributed by atoms with E-state index in [1.54, 1.807) is 0 Å². The summed E-state index contributed by atoms with van der Waals surface area (Å²) in [6.45, 7) is 3.68. The topological polar surface area (TPSA) is 26.3 Å². The molecular weight excluding hydrogens is 268 g/mol. The van der Waals surface area contributed by atoms with Crippen molar-refractivity contribution >= 4 is 27.5 Å². The molecule has 0 N–H and O–H groups in total. The lowest BCUT2D eigenvalue weighted by Crippen LogP contribution is -2.38. The van der Waals surface area contributed by atoms with Gasteiger partial charge in [-0.1, -0.05) is 36.4 Å². The number of ketones is 1. The Morgan fingerprint density at radius 2 is 1.80 bits per heavy atom. The molecule has 0 amide bonds. The van der Waals surface area contributed by atoms with E-state index < -0.39 is 0 Å². The quantitative estimate of drug-likeness (QED) is 0.640. The highest BCUT2D eigenvalue weighted by Crippen LogP contribution is 2.20. The lowest BCUT2D eigenvalue weighted by molar-refractivity contribution is 0.0991. The van der Waals surface area contributed by atoms with E-state index in [0.29, 0.717) is 0 Å². The molecule has 20 heavy (non-hydrogen) atoms. The molecule has 3 rings (SSSR count). The molecule has 1 unspecified atom stereocenters. The van der Waals surface area contributed by atoms with E-state index in [1.165, 1.54) is 5.39 Å².